The molecule has 5 rings (SSSR count). The lowest BCUT2D eigenvalue weighted by molar-refractivity contribution is 0.318. The van der Waals surface area contributed by atoms with Crippen LogP contribution in [0.2, 0.25) is 0 Å². The zero-order chi connectivity index (χ0) is 20.8. The van der Waals surface area contributed by atoms with Crippen molar-refractivity contribution in [2.24, 2.45) is 0 Å². The predicted octanol–water partition coefficient (Wildman–Crippen LogP) is 3.69. The second kappa shape index (κ2) is 7.27. The molecular formula is C22H26N6O2. The molecule has 8 nitrogen and oxygen atoms in total. The van der Waals surface area contributed by atoms with Gasteiger partial charge < -0.3 is 4.52 Å². The average molecular weight is 406 g/mol. The second-order valence-electron chi connectivity index (χ2n) is 8.59. The molecule has 0 amide bonds. The normalized spacial score (nSPS) is 15.3. The monoisotopic (exact) mass is 406 g/mol. The Balaban J connectivity index is 1.51. The van der Waals surface area contributed by atoms with Crippen LogP contribution in [0.3, 0.4) is 0 Å². The molecule has 156 valence electrons. The molecule has 8 heteroatoms. The third-order valence-electron chi connectivity index (χ3n) is 5.78. The Hall–Kier alpha value is -3.16. The fourth-order valence-electron chi connectivity index (χ4n) is 3.97. The lowest BCUT2D eigenvalue weighted by Gasteiger charge is -2.18. The number of para-hydroxylation sites is 1. The van der Waals surface area contributed by atoms with Crippen LogP contribution in [0.1, 0.15) is 68.6 Å². The summed E-state index contributed by atoms with van der Waals surface area (Å²) in [5.74, 6) is 1.58. The van der Waals surface area contributed by atoms with Gasteiger partial charge in [-0.2, -0.15) is 0 Å². The maximum atomic E-state index is 13.3. The van der Waals surface area contributed by atoms with Gasteiger partial charge in [0.2, 0.25) is 0 Å². The van der Waals surface area contributed by atoms with Gasteiger partial charge in [0.1, 0.15) is 6.54 Å². The Morgan fingerprint density at radius 3 is 2.73 bits per heavy atom. The van der Waals surface area contributed by atoms with Crippen molar-refractivity contribution < 1.29 is 4.52 Å². The van der Waals surface area contributed by atoms with Crippen LogP contribution in [0.15, 0.2) is 45.8 Å². The van der Waals surface area contributed by atoms with Gasteiger partial charge in [-0.25, -0.2) is 4.68 Å². The van der Waals surface area contributed by atoms with Crippen molar-refractivity contribution >= 4 is 10.9 Å². The van der Waals surface area contributed by atoms with Crippen molar-refractivity contribution in [1.29, 1.82) is 0 Å². The van der Waals surface area contributed by atoms with Gasteiger partial charge in [-0.05, 0) is 37.8 Å². The summed E-state index contributed by atoms with van der Waals surface area (Å²) in [6, 6.07) is 9.56. The van der Waals surface area contributed by atoms with E-state index in [9.17, 15) is 4.79 Å². The minimum atomic E-state index is -0.105. The van der Waals surface area contributed by atoms with E-state index >= 15 is 0 Å². The Kier molecular flexibility index (Phi) is 4.56. The smallest absolute Gasteiger partial charge is 0.274 e. The van der Waals surface area contributed by atoms with Crippen molar-refractivity contribution in [2.75, 3.05) is 0 Å². The third kappa shape index (κ3) is 3.36. The molecule has 1 aromatic carbocycles. The van der Waals surface area contributed by atoms with E-state index in [0.29, 0.717) is 24.4 Å². The van der Waals surface area contributed by atoms with Gasteiger partial charge in [0.25, 0.3) is 5.56 Å². The zero-order valence-electron chi connectivity index (χ0n) is 17.5. The minimum Gasteiger partial charge on any atom is -0.359 e. The number of benzene rings is 1. The maximum absolute atomic E-state index is 13.3. The van der Waals surface area contributed by atoms with Crippen LogP contribution in [0.4, 0.5) is 0 Å². The van der Waals surface area contributed by atoms with E-state index in [1.807, 2.05) is 52.8 Å². The molecule has 1 saturated carbocycles. The van der Waals surface area contributed by atoms with Crippen LogP contribution in [0.5, 0.6) is 0 Å². The Labute approximate surface area is 174 Å². The largest absolute Gasteiger partial charge is 0.359 e. The molecule has 3 heterocycles. The lowest BCUT2D eigenvalue weighted by atomic mass is 10.1. The molecular weight excluding hydrogens is 380 g/mol. The zero-order valence-corrected chi connectivity index (χ0v) is 17.5. The highest BCUT2D eigenvalue weighted by molar-refractivity contribution is 5.78. The summed E-state index contributed by atoms with van der Waals surface area (Å²) in [6.07, 6.45) is 4.40. The van der Waals surface area contributed by atoms with E-state index in [0.717, 1.165) is 22.7 Å². The van der Waals surface area contributed by atoms with Crippen LogP contribution in [-0.2, 0) is 13.1 Å². The summed E-state index contributed by atoms with van der Waals surface area (Å²) >= 11 is 0. The standard InChI is InChI=1S/C22H26N6O2/c1-14(2)19-10-17(30-24-19)12-27-21-7-5-4-6-18(21)22(29)28(27)15(3)11-26-13-20(23-25-26)16-8-9-16/h4-7,10,13-16H,8-9,11-12H2,1-3H3. The highest BCUT2D eigenvalue weighted by Crippen LogP contribution is 2.38. The number of fused-ring (bicyclic) bond motifs is 1. The van der Waals surface area contributed by atoms with Gasteiger partial charge in [-0.3, -0.25) is 14.2 Å². The molecule has 0 saturated heterocycles. The maximum Gasteiger partial charge on any atom is 0.274 e. The van der Waals surface area contributed by atoms with Gasteiger partial charge in [0.05, 0.1) is 34.9 Å². The molecule has 0 N–H and O–H groups in total. The molecule has 4 aromatic rings. The molecule has 0 bridgehead atoms. The van der Waals surface area contributed by atoms with E-state index in [2.05, 4.69) is 29.3 Å². The van der Waals surface area contributed by atoms with Crippen LogP contribution in [0, 0.1) is 0 Å². The molecule has 1 unspecified atom stereocenters. The number of rotatable bonds is 7. The summed E-state index contributed by atoms with van der Waals surface area (Å²) < 4.78 is 11.2. The highest BCUT2D eigenvalue weighted by Gasteiger charge is 2.27. The number of nitrogens with zero attached hydrogens (tertiary/aromatic N) is 6. The highest BCUT2D eigenvalue weighted by atomic mass is 16.5. The molecule has 0 aliphatic heterocycles. The molecule has 1 fully saturated rings. The first-order valence-electron chi connectivity index (χ1n) is 10.6. The van der Waals surface area contributed by atoms with Crippen molar-refractivity contribution in [1.82, 2.24) is 29.5 Å². The number of hydrogen-bond acceptors (Lipinski definition) is 5. The van der Waals surface area contributed by atoms with E-state index in [1.165, 1.54) is 12.8 Å². The van der Waals surface area contributed by atoms with Gasteiger partial charge >= 0.3 is 0 Å². The summed E-state index contributed by atoms with van der Waals surface area (Å²) in [5.41, 5.74) is 2.84. The molecule has 3 aromatic heterocycles. The van der Waals surface area contributed by atoms with Crippen molar-refractivity contribution in [3.8, 4) is 0 Å². The summed E-state index contributed by atoms with van der Waals surface area (Å²) in [6.45, 7) is 7.22. The van der Waals surface area contributed by atoms with Gasteiger partial charge in [-0.1, -0.05) is 36.4 Å². The fourth-order valence-corrected chi connectivity index (χ4v) is 3.97. The summed E-state index contributed by atoms with van der Waals surface area (Å²) in [5, 5.41) is 13.4. The third-order valence-corrected chi connectivity index (χ3v) is 5.78. The Morgan fingerprint density at radius 2 is 2.00 bits per heavy atom. The number of aromatic nitrogens is 6. The van der Waals surface area contributed by atoms with E-state index in [-0.39, 0.29) is 17.5 Å². The SMILES string of the molecule is CC(C)c1cc(Cn2c3ccccc3c(=O)n2C(C)Cn2cc(C3CC3)nn2)on1. The molecule has 1 aliphatic rings. The molecule has 1 aliphatic carbocycles. The molecule has 0 radical (unpaired) electrons. The summed E-state index contributed by atoms with van der Waals surface area (Å²) in [7, 11) is 0. The van der Waals surface area contributed by atoms with E-state index in [1.54, 1.807) is 4.68 Å². The van der Waals surface area contributed by atoms with Gasteiger partial charge in [0, 0.05) is 18.2 Å². The molecule has 30 heavy (non-hydrogen) atoms. The fraction of sp³-hybridized carbons (Fsp3) is 0.455. The van der Waals surface area contributed by atoms with Crippen molar-refractivity contribution in [3.63, 3.8) is 0 Å². The first-order chi connectivity index (χ1) is 14.5. The Morgan fingerprint density at radius 1 is 1.20 bits per heavy atom. The predicted molar refractivity (Wildman–Crippen MR) is 113 cm³/mol. The summed E-state index contributed by atoms with van der Waals surface area (Å²) in [4.78, 5) is 13.3. The topological polar surface area (TPSA) is 83.7 Å². The first kappa shape index (κ1) is 18.8. The second-order valence-corrected chi connectivity index (χ2v) is 8.59. The lowest BCUT2D eigenvalue weighted by Crippen LogP contribution is -2.29. The average Bonchev–Trinajstić information content (AvgIpc) is 3.17. The van der Waals surface area contributed by atoms with E-state index < -0.39 is 0 Å². The van der Waals surface area contributed by atoms with Crippen LogP contribution < -0.4 is 5.56 Å². The quantitative estimate of drug-likeness (QED) is 0.467. The van der Waals surface area contributed by atoms with Crippen molar-refractivity contribution in [3.05, 3.63) is 64.0 Å². The van der Waals surface area contributed by atoms with Gasteiger partial charge in [-0.15, -0.1) is 5.10 Å². The van der Waals surface area contributed by atoms with Crippen LogP contribution in [0.25, 0.3) is 10.9 Å². The van der Waals surface area contributed by atoms with Crippen molar-refractivity contribution in [2.45, 2.75) is 64.6 Å². The molecule has 1 atom stereocenters. The molecule has 0 spiro atoms. The Bertz CT molecular complexity index is 1240. The van der Waals surface area contributed by atoms with Gasteiger partial charge in [0.15, 0.2) is 5.76 Å². The van der Waals surface area contributed by atoms with E-state index in [4.69, 9.17) is 4.52 Å². The number of hydrogen-bond donors (Lipinski definition) is 0. The van der Waals surface area contributed by atoms with Crippen LogP contribution in [-0.4, -0.2) is 29.5 Å². The van der Waals surface area contributed by atoms with Crippen LogP contribution >= 0.6 is 0 Å². The first-order valence-corrected chi connectivity index (χ1v) is 10.6. The minimum absolute atomic E-state index is 0.00997.